The van der Waals surface area contributed by atoms with Gasteiger partial charge in [0.2, 0.25) is 0 Å². The van der Waals surface area contributed by atoms with E-state index >= 15 is 0 Å². The van der Waals surface area contributed by atoms with E-state index < -0.39 is 29.0 Å². The molecule has 0 aliphatic heterocycles. The average Bonchev–Trinajstić information content (AvgIpc) is 1.12. The maximum absolute atomic E-state index is 8.83. The zero-order valence-electron chi connectivity index (χ0n) is 8.24. The molecule has 0 radical (unpaired) electrons. The van der Waals surface area contributed by atoms with Crippen LogP contribution in [0.1, 0.15) is 0 Å². The van der Waals surface area contributed by atoms with Crippen LogP contribution >= 0.6 is 0 Å². The predicted octanol–water partition coefficient (Wildman–Crippen LogP) is -18.9. The minimum Gasteiger partial charge on any atom is 1.00 e. The first kappa shape index (κ1) is 36.3. The SMILES string of the molecule is O=[As]([O-])(O)O.O=[As]([O-])([O-])[O-].[Na+].[Na+].[Na+].[Na+]. The summed E-state index contributed by atoms with van der Waals surface area (Å²) in [6, 6.07) is 0. The van der Waals surface area contributed by atoms with Crippen molar-refractivity contribution in [3.05, 3.63) is 0 Å². The Morgan fingerprint density at radius 3 is 0.714 bits per heavy atom. The summed E-state index contributed by atoms with van der Waals surface area (Å²) in [5.74, 6) is 0. The van der Waals surface area contributed by atoms with Gasteiger partial charge in [-0.2, -0.15) is 0 Å². The monoisotopic (exact) mass is 372 g/mol. The first-order chi connectivity index (χ1) is 4.00. The summed E-state index contributed by atoms with van der Waals surface area (Å²) in [4.78, 5) is 0. The number of hydrogen-bond donors (Lipinski definition) is 2. The van der Waals surface area contributed by atoms with Crippen LogP contribution < -0.4 is 135 Å². The van der Waals surface area contributed by atoms with E-state index in [4.69, 9.17) is 32.1 Å². The largest absolute Gasteiger partial charge is 1.00 e. The van der Waals surface area contributed by atoms with Crippen molar-refractivity contribution in [1.29, 1.82) is 0 Å². The Morgan fingerprint density at radius 2 is 0.714 bits per heavy atom. The number of hydrogen-bond acceptors (Lipinski definition) is 6. The summed E-state index contributed by atoms with van der Waals surface area (Å²) in [5.41, 5.74) is 0. The molecule has 0 saturated carbocycles. The number of rotatable bonds is 0. The minimum atomic E-state index is -5.88. The molecule has 2 N–H and O–H groups in total. The van der Waals surface area contributed by atoms with Crippen molar-refractivity contribution in [3.8, 4) is 0 Å². The Bertz CT molecular complexity index is 132. The van der Waals surface area contributed by atoms with E-state index in [1.165, 1.54) is 0 Å². The maximum atomic E-state index is 8.83. The Hall–Kier alpha value is 4.48. The van der Waals surface area contributed by atoms with Gasteiger partial charge in [0.15, 0.2) is 0 Å². The smallest absolute Gasteiger partial charge is 1.00 e. The molecule has 0 rings (SSSR count). The molecule has 0 amide bonds. The van der Waals surface area contributed by atoms with Crippen LogP contribution in [0.3, 0.4) is 0 Å². The van der Waals surface area contributed by atoms with Gasteiger partial charge in [0, 0.05) is 0 Å². The molecule has 0 unspecified atom stereocenters. The predicted molar refractivity (Wildman–Crippen MR) is 17.3 cm³/mol. The summed E-state index contributed by atoms with van der Waals surface area (Å²) in [6.45, 7) is 0. The van der Waals surface area contributed by atoms with Crippen LogP contribution in [0.2, 0.25) is 0 Å². The second-order valence-electron chi connectivity index (χ2n) is 0.938. The van der Waals surface area contributed by atoms with Gasteiger partial charge in [0.05, 0.1) is 0 Å². The summed E-state index contributed by atoms with van der Waals surface area (Å²) < 4.78 is 66.4. The fourth-order valence-corrected chi connectivity index (χ4v) is 0. The molecule has 0 aliphatic rings. The third-order valence-electron chi connectivity index (χ3n) is 0. The fourth-order valence-electron chi connectivity index (χ4n) is 0. The van der Waals surface area contributed by atoms with E-state index in [1.807, 2.05) is 0 Å². The second-order valence-corrected chi connectivity index (χ2v) is 4.87. The van der Waals surface area contributed by atoms with Gasteiger partial charge >= 0.3 is 179 Å². The summed E-state index contributed by atoms with van der Waals surface area (Å²) in [6.07, 6.45) is 0. The summed E-state index contributed by atoms with van der Waals surface area (Å²) in [7, 11) is 0. The molecule has 0 heterocycles. The van der Waals surface area contributed by atoms with Crippen molar-refractivity contribution >= 4 is 29.0 Å². The molecule has 0 bridgehead atoms. The quantitative estimate of drug-likeness (QED) is 0.396. The van der Waals surface area contributed by atoms with Crippen molar-refractivity contribution in [2.24, 2.45) is 0 Å². The van der Waals surface area contributed by atoms with E-state index in [9.17, 15) is 0 Å². The third kappa shape index (κ3) is 197. The van der Waals surface area contributed by atoms with Gasteiger partial charge in [-0.05, 0) is 0 Å². The van der Waals surface area contributed by atoms with Crippen molar-refractivity contribution < 1.29 is 150 Å². The van der Waals surface area contributed by atoms with E-state index in [-0.39, 0.29) is 118 Å². The minimum absolute atomic E-state index is 0. The van der Waals surface area contributed by atoms with Crippen LogP contribution in [0.5, 0.6) is 0 Å². The normalized spacial score (nSPS) is 8.43. The average molecular weight is 372 g/mol. The molecule has 0 aromatic rings. The van der Waals surface area contributed by atoms with Gasteiger partial charge in [-0.15, -0.1) is 0 Å². The Labute approximate surface area is 175 Å². The molecule has 0 aromatic carbocycles. The Morgan fingerprint density at radius 1 is 0.714 bits per heavy atom. The van der Waals surface area contributed by atoms with Crippen molar-refractivity contribution in [2.75, 3.05) is 0 Å². The standard InChI is InChI=1S/2AsH3O4.4Na/c2*2-1(3,4)5;;;;/h2*(H3,2,3,4,5);;;;/q;;4*+1/p-4. The van der Waals surface area contributed by atoms with Gasteiger partial charge < -0.3 is 0 Å². The van der Waals surface area contributed by atoms with Crippen LogP contribution in [0.4, 0.5) is 0 Å². The van der Waals surface area contributed by atoms with Crippen LogP contribution in [-0.4, -0.2) is 37.2 Å². The Balaban J connectivity index is -0.0000000178. The van der Waals surface area contributed by atoms with E-state index in [1.54, 1.807) is 0 Å². The van der Waals surface area contributed by atoms with Gasteiger partial charge in [-0.3, -0.25) is 0 Å². The second kappa shape index (κ2) is 17.5. The van der Waals surface area contributed by atoms with Crippen molar-refractivity contribution in [2.45, 2.75) is 0 Å². The van der Waals surface area contributed by atoms with Crippen LogP contribution in [0.25, 0.3) is 0 Å². The molecule has 0 saturated heterocycles. The third-order valence-corrected chi connectivity index (χ3v) is 0. The van der Waals surface area contributed by atoms with Gasteiger partial charge in [-0.1, -0.05) is 0 Å². The summed E-state index contributed by atoms with van der Waals surface area (Å²) >= 11 is -11.2. The Kier molecular flexibility index (Phi) is 45.3. The van der Waals surface area contributed by atoms with Crippen LogP contribution in [0.15, 0.2) is 0 Å². The molecule has 64 valence electrons. The first-order valence-electron chi connectivity index (χ1n) is 1.50. The van der Waals surface area contributed by atoms with Gasteiger partial charge in [0.25, 0.3) is 0 Å². The molecule has 14 heavy (non-hydrogen) atoms. The molecule has 0 atom stereocenters. The molecule has 0 spiro atoms. The van der Waals surface area contributed by atoms with Crippen molar-refractivity contribution in [3.63, 3.8) is 0 Å². The molecule has 0 aliphatic carbocycles. The molecule has 8 nitrogen and oxygen atoms in total. The van der Waals surface area contributed by atoms with E-state index in [0.29, 0.717) is 0 Å². The van der Waals surface area contributed by atoms with E-state index in [0.717, 1.165) is 0 Å². The van der Waals surface area contributed by atoms with E-state index in [2.05, 4.69) is 0 Å². The topological polar surface area (TPSA) is 167 Å². The molecular formula is H2As2Na4O8. The van der Waals surface area contributed by atoms with Crippen molar-refractivity contribution in [1.82, 2.24) is 0 Å². The first-order valence-corrected chi connectivity index (χ1v) is 7.77. The van der Waals surface area contributed by atoms with Gasteiger partial charge in [-0.25, -0.2) is 0 Å². The molecule has 0 fully saturated rings. The molecular weight excluding hydrogens is 370 g/mol. The molecule has 0 aromatic heterocycles. The zero-order chi connectivity index (χ0) is 9.00. The maximum Gasteiger partial charge on any atom is 1.00 e. The molecule has 14 heteroatoms. The zero-order valence-corrected chi connectivity index (χ0v) is 20.0. The fraction of sp³-hybridized carbons (Fsp3) is 0. The van der Waals surface area contributed by atoms with Gasteiger partial charge in [0.1, 0.15) is 0 Å². The van der Waals surface area contributed by atoms with Crippen LogP contribution in [-0.2, 0) is 7.48 Å². The summed E-state index contributed by atoms with van der Waals surface area (Å²) in [5, 5.41) is 0. The van der Waals surface area contributed by atoms with Crippen LogP contribution in [0, 0.1) is 0 Å².